The van der Waals surface area contributed by atoms with Crippen molar-refractivity contribution < 1.29 is 22.7 Å². The maximum Gasteiger partial charge on any atom is 0.264 e. The van der Waals surface area contributed by atoms with Crippen LogP contribution in [0.1, 0.15) is 18.1 Å². The number of hydrogen-bond acceptors (Lipinski definition) is 6. The Morgan fingerprint density at radius 3 is 2.24 bits per heavy atom. The lowest BCUT2D eigenvalue weighted by atomic mass is 10.1. The lowest BCUT2D eigenvalue weighted by molar-refractivity contribution is -0.119. The van der Waals surface area contributed by atoms with Crippen LogP contribution in [-0.4, -0.2) is 58.7 Å². The molecule has 1 saturated heterocycles. The van der Waals surface area contributed by atoms with Crippen LogP contribution in [0.5, 0.6) is 5.75 Å². The molecule has 0 radical (unpaired) electrons. The molecule has 1 fully saturated rings. The van der Waals surface area contributed by atoms with Crippen molar-refractivity contribution in [3.8, 4) is 5.75 Å². The Balaban J connectivity index is 1.41. The molecule has 0 saturated carbocycles. The molecular weight excluding hydrogens is 490 g/mol. The second-order valence-corrected chi connectivity index (χ2v) is 10.6. The van der Waals surface area contributed by atoms with Crippen LogP contribution in [0.15, 0.2) is 83.8 Å². The smallest absolute Gasteiger partial charge is 0.264 e. The molecule has 4 rings (SSSR count). The Labute approximate surface area is 218 Å². The van der Waals surface area contributed by atoms with Crippen LogP contribution in [0.2, 0.25) is 0 Å². The Hall–Kier alpha value is -3.40. The van der Waals surface area contributed by atoms with Gasteiger partial charge in [0, 0.05) is 26.2 Å². The summed E-state index contributed by atoms with van der Waals surface area (Å²) >= 11 is 0. The summed E-state index contributed by atoms with van der Waals surface area (Å²) in [6, 6.07) is 22.9. The monoisotopic (exact) mass is 523 g/mol. The normalized spacial score (nSPS) is 14.2. The van der Waals surface area contributed by atoms with Gasteiger partial charge in [-0.3, -0.25) is 14.0 Å². The number of carbonyl (C=O) groups excluding carboxylic acids is 1. The number of para-hydroxylation sites is 1. The van der Waals surface area contributed by atoms with Crippen LogP contribution < -0.4 is 14.4 Å². The number of nitrogens with one attached hydrogen (secondary N) is 1. The molecule has 0 aliphatic carbocycles. The van der Waals surface area contributed by atoms with Crippen molar-refractivity contribution in [2.24, 2.45) is 0 Å². The third kappa shape index (κ3) is 7.31. The van der Waals surface area contributed by atoms with Crippen LogP contribution in [-0.2, 0) is 32.6 Å². The van der Waals surface area contributed by atoms with E-state index in [1.54, 1.807) is 42.5 Å². The number of sulfonamides is 1. The van der Waals surface area contributed by atoms with E-state index in [4.69, 9.17) is 9.47 Å². The topological polar surface area (TPSA) is 88.2 Å². The summed E-state index contributed by atoms with van der Waals surface area (Å²) in [7, 11) is -3.98. The molecule has 0 aromatic heterocycles. The van der Waals surface area contributed by atoms with Gasteiger partial charge in [0.2, 0.25) is 5.91 Å². The zero-order valence-electron chi connectivity index (χ0n) is 21.0. The number of morpholine rings is 1. The maximum absolute atomic E-state index is 13.5. The number of benzene rings is 3. The van der Waals surface area contributed by atoms with Gasteiger partial charge >= 0.3 is 0 Å². The zero-order chi connectivity index (χ0) is 26.1. The number of hydrogen-bond donors (Lipinski definition) is 1. The molecule has 8 nitrogen and oxygen atoms in total. The van der Waals surface area contributed by atoms with Gasteiger partial charge in [-0.25, -0.2) is 8.42 Å². The minimum absolute atomic E-state index is 0.0865. The van der Waals surface area contributed by atoms with Gasteiger partial charge in [0.05, 0.1) is 30.4 Å². The summed E-state index contributed by atoms with van der Waals surface area (Å²) in [6.45, 7) is 6.56. The molecule has 3 aromatic carbocycles. The summed E-state index contributed by atoms with van der Waals surface area (Å²) in [4.78, 5) is 15.3. The molecule has 1 heterocycles. The molecular formula is C28H33N3O5S. The Morgan fingerprint density at radius 1 is 0.946 bits per heavy atom. The fraction of sp³-hybridized carbons (Fsp3) is 0.321. The van der Waals surface area contributed by atoms with Gasteiger partial charge in [0.15, 0.2) is 0 Å². The predicted molar refractivity (Wildman–Crippen MR) is 143 cm³/mol. The highest BCUT2D eigenvalue weighted by molar-refractivity contribution is 7.92. The number of rotatable bonds is 11. The van der Waals surface area contributed by atoms with Crippen LogP contribution in [0.4, 0.5) is 5.69 Å². The number of nitrogens with zero attached hydrogens (tertiary/aromatic N) is 2. The molecule has 1 amide bonds. The first kappa shape index (κ1) is 26.7. The maximum atomic E-state index is 13.5. The molecule has 0 bridgehead atoms. The average molecular weight is 524 g/mol. The summed E-state index contributed by atoms with van der Waals surface area (Å²) in [5.74, 6) is 0.192. The van der Waals surface area contributed by atoms with Crippen LogP contribution in [0, 0.1) is 0 Å². The van der Waals surface area contributed by atoms with E-state index in [0.717, 1.165) is 42.7 Å². The fourth-order valence-corrected chi connectivity index (χ4v) is 5.50. The van der Waals surface area contributed by atoms with Gasteiger partial charge in [-0.2, -0.15) is 0 Å². The molecule has 0 spiro atoms. The third-order valence-electron chi connectivity index (χ3n) is 6.08. The summed E-state index contributed by atoms with van der Waals surface area (Å²) in [5, 5.41) is 2.86. The van der Waals surface area contributed by atoms with Gasteiger partial charge in [-0.05, 0) is 54.4 Å². The van der Waals surface area contributed by atoms with E-state index in [0.29, 0.717) is 24.6 Å². The molecule has 3 aromatic rings. The van der Waals surface area contributed by atoms with Gasteiger partial charge in [-0.1, -0.05) is 42.5 Å². The minimum Gasteiger partial charge on any atom is -0.494 e. The van der Waals surface area contributed by atoms with E-state index >= 15 is 0 Å². The van der Waals surface area contributed by atoms with E-state index in [1.807, 2.05) is 19.1 Å². The van der Waals surface area contributed by atoms with E-state index in [9.17, 15) is 13.2 Å². The van der Waals surface area contributed by atoms with E-state index in [1.165, 1.54) is 17.7 Å². The molecule has 196 valence electrons. The summed E-state index contributed by atoms with van der Waals surface area (Å²) in [6.07, 6.45) is 0. The minimum atomic E-state index is -3.98. The van der Waals surface area contributed by atoms with E-state index in [2.05, 4.69) is 22.3 Å². The third-order valence-corrected chi connectivity index (χ3v) is 7.86. The Kier molecular flexibility index (Phi) is 9.16. The molecule has 37 heavy (non-hydrogen) atoms. The quantitative estimate of drug-likeness (QED) is 0.414. The standard InChI is InChI=1S/C28H33N3O5S/c1-2-36-26-12-14-27(15-13-26)37(33,34)31(25-6-4-3-5-7-25)22-28(32)29-20-23-8-10-24(11-9-23)21-30-16-18-35-19-17-30/h3-15H,2,16-22H2,1H3,(H,29,32). The van der Waals surface area contributed by atoms with Gasteiger partial charge in [0.25, 0.3) is 10.0 Å². The van der Waals surface area contributed by atoms with Gasteiger partial charge in [-0.15, -0.1) is 0 Å². The van der Waals surface area contributed by atoms with Gasteiger partial charge < -0.3 is 14.8 Å². The second kappa shape index (κ2) is 12.7. The first-order chi connectivity index (χ1) is 18.0. The van der Waals surface area contributed by atoms with Crippen molar-refractivity contribution in [3.05, 3.63) is 90.0 Å². The largest absolute Gasteiger partial charge is 0.494 e. The highest BCUT2D eigenvalue weighted by Crippen LogP contribution is 2.25. The van der Waals surface area contributed by atoms with Crippen molar-refractivity contribution in [2.45, 2.75) is 24.9 Å². The fourth-order valence-electron chi connectivity index (χ4n) is 4.08. The van der Waals surface area contributed by atoms with Crippen LogP contribution >= 0.6 is 0 Å². The number of anilines is 1. The zero-order valence-corrected chi connectivity index (χ0v) is 21.8. The number of amides is 1. The molecule has 1 aliphatic heterocycles. The second-order valence-electron chi connectivity index (χ2n) is 8.73. The SMILES string of the molecule is CCOc1ccc(S(=O)(=O)N(CC(=O)NCc2ccc(CN3CCOCC3)cc2)c2ccccc2)cc1. The van der Waals surface area contributed by atoms with Crippen molar-refractivity contribution in [3.63, 3.8) is 0 Å². The highest BCUT2D eigenvalue weighted by atomic mass is 32.2. The van der Waals surface area contributed by atoms with Crippen LogP contribution in [0.3, 0.4) is 0 Å². The predicted octanol–water partition coefficient (Wildman–Crippen LogP) is 3.43. The molecule has 1 N–H and O–H groups in total. The number of carbonyl (C=O) groups is 1. The molecule has 9 heteroatoms. The average Bonchev–Trinajstić information content (AvgIpc) is 2.93. The summed E-state index contributed by atoms with van der Waals surface area (Å²) < 4.78 is 39.0. The molecule has 0 atom stereocenters. The first-order valence-corrected chi connectivity index (χ1v) is 13.8. The molecule has 1 aliphatic rings. The van der Waals surface area contributed by atoms with E-state index in [-0.39, 0.29) is 11.4 Å². The first-order valence-electron chi connectivity index (χ1n) is 12.4. The molecule has 0 unspecified atom stereocenters. The lowest BCUT2D eigenvalue weighted by Crippen LogP contribution is -2.40. The highest BCUT2D eigenvalue weighted by Gasteiger charge is 2.27. The van der Waals surface area contributed by atoms with Crippen LogP contribution in [0.25, 0.3) is 0 Å². The van der Waals surface area contributed by atoms with Crippen molar-refractivity contribution in [1.29, 1.82) is 0 Å². The van der Waals surface area contributed by atoms with E-state index < -0.39 is 15.9 Å². The van der Waals surface area contributed by atoms with Crippen molar-refractivity contribution >= 4 is 21.6 Å². The lowest BCUT2D eigenvalue weighted by Gasteiger charge is -2.26. The Bertz CT molecular complexity index is 1240. The summed E-state index contributed by atoms with van der Waals surface area (Å²) in [5.41, 5.74) is 2.56. The Morgan fingerprint density at radius 2 is 1.59 bits per heavy atom. The van der Waals surface area contributed by atoms with Crippen molar-refractivity contribution in [2.75, 3.05) is 43.8 Å². The van der Waals surface area contributed by atoms with Crippen molar-refractivity contribution in [1.82, 2.24) is 10.2 Å². The van der Waals surface area contributed by atoms with Gasteiger partial charge in [0.1, 0.15) is 12.3 Å². The number of ether oxygens (including phenoxy) is 2.